The van der Waals surface area contributed by atoms with Crippen molar-refractivity contribution in [3.05, 3.63) is 0 Å². The van der Waals surface area contributed by atoms with Crippen molar-refractivity contribution in [3.8, 4) is 0 Å². The molecule has 1 aliphatic carbocycles. The van der Waals surface area contributed by atoms with Crippen LogP contribution in [-0.4, -0.2) is 79.8 Å². The molecular weight excluding hydrogens is 274 g/mol. The average molecular weight is 289 g/mol. The molecule has 4 bridgehead atoms. The molecule has 10 nitrogen and oxygen atoms in total. The third kappa shape index (κ3) is 1.13. The maximum atomic E-state index is 10.4. The van der Waals surface area contributed by atoms with Crippen molar-refractivity contribution < 1.29 is 35.0 Å². The second-order valence-electron chi connectivity index (χ2n) is 5.65. The summed E-state index contributed by atoms with van der Waals surface area (Å²) < 4.78 is 10.2. The molecular formula is C10H15N3O7. The standard InChI is InChI=1S/C10H15N3O7/c11-8-12-6(16)1-3-2(14)4-5(15)9(1,13-8)7(17)10(18,19-3)20-4/h1-7,14-18H,(H3,11,12,13)/t1-,2-,3+,4+,5-,6-,7+,9+,10-/m1/s1. The maximum absolute atomic E-state index is 10.4. The van der Waals surface area contributed by atoms with E-state index >= 15 is 0 Å². The third-order valence-corrected chi connectivity index (χ3v) is 4.72. The van der Waals surface area contributed by atoms with Crippen molar-refractivity contribution in [1.82, 2.24) is 5.32 Å². The third-order valence-electron chi connectivity index (χ3n) is 4.72. The zero-order valence-corrected chi connectivity index (χ0v) is 10.1. The molecule has 0 amide bonds. The van der Waals surface area contributed by atoms with E-state index in [9.17, 15) is 25.5 Å². The van der Waals surface area contributed by atoms with Gasteiger partial charge in [-0.25, -0.2) is 4.99 Å². The average Bonchev–Trinajstić information content (AvgIpc) is 2.36. The van der Waals surface area contributed by atoms with Crippen LogP contribution in [-0.2, 0) is 9.47 Å². The molecule has 0 radical (unpaired) electrons. The van der Waals surface area contributed by atoms with Gasteiger partial charge in [-0.1, -0.05) is 0 Å². The summed E-state index contributed by atoms with van der Waals surface area (Å²) in [7, 11) is 0. The van der Waals surface area contributed by atoms with Crippen LogP contribution in [0, 0.1) is 5.92 Å². The molecule has 4 heterocycles. The summed E-state index contributed by atoms with van der Waals surface area (Å²) in [5, 5.41) is 53.7. The summed E-state index contributed by atoms with van der Waals surface area (Å²) in [6.07, 6.45) is -8.06. The van der Waals surface area contributed by atoms with Crippen molar-refractivity contribution in [2.75, 3.05) is 0 Å². The van der Waals surface area contributed by atoms with Gasteiger partial charge in [0.1, 0.15) is 30.0 Å². The molecule has 5 rings (SSSR count). The molecule has 8 N–H and O–H groups in total. The largest absolute Gasteiger partial charge is 0.388 e. The maximum Gasteiger partial charge on any atom is 0.311 e. The van der Waals surface area contributed by atoms with E-state index in [1.165, 1.54) is 0 Å². The van der Waals surface area contributed by atoms with E-state index < -0.39 is 54.2 Å². The van der Waals surface area contributed by atoms with Crippen molar-refractivity contribution in [1.29, 1.82) is 0 Å². The van der Waals surface area contributed by atoms with Gasteiger partial charge in [-0.3, -0.25) is 0 Å². The fourth-order valence-electron chi connectivity index (χ4n) is 3.92. The lowest BCUT2D eigenvalue weighted by Gasteiger charge is -2.68. The molecule has 3 saturated heterocycles. The topological polar surface area (TPSA) is 170 Å². The van der Waals surface area contributed by atoms with Gasteiger partial charge in [-0.05, 0) is 0 Å². The molecule has 5 aliphatic rings. The van der Waals surface area contributed by atoms with Crippen LogP contribution >= 0.6 is 0 Å². The van der Waals surface area contributed by atoms with Gasteiger partial charge < -0.3 is 46.1 Å². The van der Waals surface area contributed by atoms with E-state index in [0.29, 0.717) is 0 Å². The Labute approximate surface area is 112 Å². The molecule has 0 aromatic carbocycles. The number of aliphatic imine (C=N–C) groups is 1. The van der Waals surface area contributed by atoms with Gasteiger partial charge in [-0.15, -0.1) is 0 Å². The number of aliphatic hydroxyl groups is 5. The minimum Gasteiger partial charge on any atom is -0.388 e. The predicted molar refractivity (Wildman–Crippen MR) is 59.7 cm³/mol. The van der Waals surface area contributed by atoms with E-state index in [-0.39, 0.29) is 5.96 Å². The second-order valence-corrected chi connectivity index (χ2v) is 5.65. The first-order valence-corrected chi connectivity index (χ1v) is 6.23. The number of hydrogen-bond donors (Lipinski definition) is 7. The van der Waals surface area contributed by atoms with Crippen molar-refractivity contribution >= 4 is 5.96 Å². The van der Waals surface area contributed by atoms with Gasteiger partial charge in [-0.2, -0.15) is 0 Å². The molecule has 1 saturated carbocycles. The lowest BCUT2D eigenvalue weighted by Crippen LogP contribution is -2.92. The van der Waals surface area contributed by atoms with Crippen LogP contribution in [0.1, 0.15) is 0 Å². The number of ether oxygens (including phenoxy) is 2. The summed E-state index contributed by atoms with van der Waals surface area (Å²) in [5.74, 6) is -3.56. The minimum atomic E-state index is -2.38. The zero-order chi connectivity index (χ0) is 14.4. The van der Waals surface area contributed by atoms with E-state index in [4.69, 9.17) is 15.2 Å². The Kier molecular flexibility index (Phi) is 2.17. The second kappa shape index (κ2) is 3.42. The van der Waals surface area contributed by atoms with Crippen LogP contribution in [0.2, 0.25) is 0 Å². The van der Waals surface area contributed by atoms with Crippen molar-refractivity contribution in [3.63, 3.8) is 0 Å². The van der Waals surface area contributed by atoms with E-state index in [1.54, 1.807) is 0 Å². The minimum absolute atomic E-state index is 0.188. The molecule has 0 unspecified atom stereocenters. The Hall–Kier alpha value is -1.01. The number of guanidine groups is 1. The molecule has 10 heteroatoms. The van der Waals surface area contributed by atoms with Gasteiger partial charge in [0, 0.05) is 0 Å². The SMILES string of the molecule is NC1=N[C@H](O)[C@H]2[C@@H]3O[C@@]4(O)O[C@@H]([C@@H]3O)[C@@H](O)[C@]2(N1)[C@@H]4O. The molecule has 0 aromatic heterocycles. The Morgan fingerprint density at radius 2 is 1.80 bits per heavy atom. The number of rotatable bonds is 0. The zero-order valence-electron chi connectivity index (χ0n) is 10.1. The van der Waals surface area contributed by atoms with Gasteiger partial charge in [0.2, 0.25) is 0 Å². The van der Waals surface area contributed by atoms with Crippen LogP contribution in [0.3, 0.4) is 0 Å². The number of aliphatic hydroxyl groups excluding tert-OH is 4. The summed E-state index contributed by atoms with van der Waals surface area (Å²) in [4.78, 5) is 3.71. The monoisotopic (exact) mass is 289 g/mol. The Morgan fingerprint density at radius 3 is 2.50 bits per heavy atom. The quantitative estimate of drug-likeness (QED) is 0.231. The smallest absolute Gasteiger partial charge is 0.311 e. The Morgan fingerprint density at radius 1 is 1.15 bits per heavy atom. The summed E-state index contributed by atoms with van der Waals surface area (Å²) >= 11 is 0. The highest BCUT2D eigenvalue weighted by Gasteiger charge is 2.79. The predicted octanol–water partition coefficient (Wildman–Crippen LogP) is -4.88. The molecule has 0 aromatic rings. The lowest BCUT2D eigenvalue weighted by molar-refractivity contribution is -0.532. The summed E-state index contributed by atoms with van der Waals surface area (Å²) in [6, 6.07) is 0. The normalized spacial score (nSPS) is 63.6. The van der Waals surface area contributed by atoms with E-state index in [0.717, 1.165) is 0 Å². The van der Waals surface area contributed by atoms with Gasteiger partial charge in [0.15, 0.2) is 18.3 Å². The van der Waals surface area contributed by atoms with E-state index in [1.807, 2.05) is 0 Å². The van der Waals surface area contributed by atoms with Crippen molar-refractivity contribution in [2.45, 2.75) is 48.3 Å². The van der Waals surface area contributed by atoms with Gasteiger partial charge >= 0.3 is 5.97 Å². The number of nitrogens with zero attached hydrogens (tertiary/aromatic N) is 1. The first kappa shape index (κ1) is 12.7. The number of hydrogen-bond acceptors (Lipinski definition) is 10. The first-order chi connectivity index (χ1) is 9.31. The molecule has 20 heavy (non-hydrogen) atoms. The van der Waals surface area contributed by atoms with Crippen LogP contribution < -0.4 is 11.1 Å². The number of nitrogens with one attached hydrogen (secondary N) is 1. The Balaban J connectivity index is 1.92. The van der Waals surface area contributed by atoms with Crippen molar-refractivity contribution in [2.24, 2.45) is 16.6 Å². The molecule has 1 spiro atoms. The highest BCUT2D eigenvalue weighted by Crippen LogP contribution is 2.55. The van der Waals surface area contributed by atoms with Crippen LogP contribution in [0.5, 0.6) is 0 Å². The van der Waals surface area contributed by atoms with Gasteiger partial charge in [0.05, 0.1) is 5.92 Å². The van der Waals surface area contributed by atoms with E-state index in [2.05, 4.69) is 10.3 Å². The Bertz CT molecular complexity index is 503. The molecule has 9 atom stereocenters. The molecule has 4 aliphatic heterocycles. The summed E-state index contributed by atoms with van der Waals surface area (Å²) in [6.45, 7) is 0. The fourth-order valence-corrected chi connectivity index (χ4v) is 3.92. The highest BCUT2D eigenvalue weighted by atomic mass is 16.9. The van der Waals surface area contributed by atoms with Crippen LogP contribution in [0.25, 0.3) is 0 Å². The van der Waals surface area contributed by atoms with Crippen LogP contribution in [0.15, 0.2) is 4.99 Å². The molecule has 112 valence electrons. The highest BCUT2D eigenvalue weighted by molar-refractivity contribution is 5.80. The first-order valence-electron chi connectivity index (χ1n) is 6.23. The van der Waals surface area contributed by atoms with Gasteiger partial charge in [0.25, 0.3) is 0 Å². The molecule has 4 fully saturated rings. The lowest BCUT2D eigenvalue weighted by atomic mass is 9.59. The summed E-state index contributed by atoms with van der Waals surface area (Å²) in [5.41, 5.74) is 3.95. The number of nitrogens with two attached hydrogens (primary N) is 1. The van der Waals surface area contributed by atoms with Crippen LogP contribution in [0.4, 0.5) is 0 Å². The fraction of sp³-hybridized carbons (Fsp3) is 0.900.